The molecular weight excluding hydrogens is 385 g/mol. The summed E-state index contributed by atoms with van der Waals surface area (Å²) in [6.07, 6.45) is 0.669. The predicted octanol–water partition coefficient (Wildman–Crippen LogP) is 3.18. The molecule has 0 aliphatic carbocycles. The molecule has 0 radical (unpaired) electrons. The van der Waals surface area contributed by atoms with Gasteiger partial charge < -0.3 is 15.3 Å². The van der Waals surface area contributed by atoms with Crippen molar-refractivity contribution in [3.05, 3.63) is 58.1 Å². The van der Waals surface area contributed by atoms with Crippen LogP contribution in [-0.4, -0.2) is 55.2 Å². The Hall–Kier alpha value is -1.95. The molecular formula is C20H23Cl2N3O2. The normalized spacial score (nSPS) is 15.0. The van der Waals surface area contributed by atoms with Crippen molar-refractivity contribution < 1.29 is 9.90 Å². The van der Waals surface area contributed by atoms with E-state index in [2.05, 4.69) is 15.1 Å². The summed E-state index contributed by atoms with van der Waals surface area (Å²) >= 11 is 12.0. The van der Waals surface area contributed by atoms with Crippen LogP contribution < -0.4 is 10.2 Å². The summed E-state index contributed by atoms with van der Waals surface area (Å²) in [6.45, 7) is 4.05. The van der Waals surface area contributed by atoms with Crippen molar-refractivity contribution in [3.63, 3.8) is 0 Å². The van der Waals surface area contributed by atoms with Crippen LogP contribution in [-0.2, 0) is 11.2 Å². The van der Waals surface area contributed by atoms with E-state index in [0.29, 0.717) is 35.3 Å². The Bertz CT molecular complexity index is 793. The quantitative estimate of drug-likeness (QED) is 0.771. The number of anilines is 1. The lowest BCUT2D eigenvalue weighted by Crippen LogP contribution is -2.49. The number of phenols is 1. The number of phenolic OH excluding ortho intramolecular Hbond substituents is 1. The zero-order valence-electron chi connectivity index (χ0n) is 15.0. The number of amides is 1. The molecule has 7 heteroatoms. The fourth-order valence-corrected chi connectivity index (χ4v) is 3.70. The van der Waals surface area contributed by atoms with Crippen LogP contribution in [0.2, 0.25) is 10.0 Å². The number of nitrogens with zero attached hydrogens (tertiary/aromatic N) is 2. The van der Waals surface area contributed by atoms with E-state index in [1.165, 1.54) is 0 Å². The zero-order chi connectivity index (χ0) is 19.2. The van der Waals surface area contributed by atoms with Gasteiger partial charge in [-0.2, -0.15) is 0 Å². The van der Waals surface area contributed by atoms with Crippen LogP contribution >= 0.6 is 23.2 Å². The van der Waals surface area contributed by atoms with Crippen LogP contribution in [0.5, 0.6) is 5.75 Å². The number of piperazine rings is 1. The Morgan fingerprint density at radius 3 is 2.52 bits per heavy atom. The number of rotatable bonds is 6. The average molecular weight is 408 g/mol. The van der Waals surface area contributed by atoms with Crippen molar-refractivity contribution in [2.45, 2.75) is 6.42 Å². The van der Waals surface area contributed by atoms with Gasteiger partial charge in [0.15, 0.2) is 0 Å². The van der Waals surface area contributed by atoms with Gasteiger partial charge in [0.2, 0.25) is 5.91 Å². The minimum absolute atomic E-state index is 0.0103. The maximum absolute atomic E-state index is 12.2. The SMILES string of the molecule is O=C(CN1CCN(c2ccccc2O)CC1)NCCc1ccc(Cl)cc1Cl. The third-order valence-electron chi connectivity index (χ3n) is 4.69. The molecule has 5 nitrogen and oxygen atoms in total. The third kappa shape index (κ3) is 5.51. The molecule has 2 N–H and O–H groups in total. The summed E-state index contributed by atoms with van der Waals surface area (Å²) in [5.74, 6) is 0.306. The Balaban J connectivity index is 1.40. The summed E-state index contributed by atoms with van der Waals surface area (Å²) in [4.78, 5) is 16.5. The smallest absolute Gasteiger partial charge is 0.234 e. The molecule has 27 heavy (non-hydrogen) atoms. The highest BCUT2D eigenvalue weighted by molar-refractivity contribution is 6.35. The molecule has 0 aromatic heterocycles. The molecule has 1 saturated heterocycles. The van der Waals surface area contributed by atoms with Gasteiger partial charge in [-0.25, -0.2) is 0 Å². The summed E-state index contributed by atoms with van der Waals surface area (Å²) in [5.41, 5.74) is 1.82. The number of hydrogen-bond acceptors (Lipinski definition) is 4. The molecule has 144 valence electrons. The highest BCUT2D eigenvalue weighted by atomic mass is 35.5. The summed E-state index contributed by atoms with van der Waals surface area (Å²) in [5, 5.41) is 14.1. The topological polar surface area (TPSA) is 55.8 Å². The number of halogens is 2. The second-order valence-electron chi connectivity index (χ2n) is 6.59. The molecule has 0 bridgehead atoms. The highest BCUT2D eigenvalue weighted by Gasteiger charge is 2.20. The molecule has 2 aromatic carbocycles. The van der Waals surface area contributed by atoms with Crippen LogP contribution in [0.15, 0.2) is 42.5 Å². The van der Waals surface area contributed by atoms with Gasteiger partial charge in [-0.3, -0.25) is 9.69 Å². The van der Waals surface area contributed by atoms with E-state index in [1.807, 2.05) is 24.3 Å². The minimum atomic E-state index is 0.0103. The lowest BCUT2D eigenvalue weighted by Gasteiger charge is -2.35. The number of para-hydroxylation sites is 2. The first-order valence-electron chi connectivity index (χ1n) is 8.99. The van der Waals surface area contributed by atoms with Gasteiger partial charge >= 0.3 is 0 Å². The number of carbonyl (C=O) groups excluding carboxylic acids is 1. The van der Waals surface area contributed by atoms with Crippen molar-refractivity contribution in [2.75, 3.05) is 44.2 Å². The van der Waals surface area contributed by atoms with Crippen molar-refractivity contribution in [3.8, 4) is 5.75 Å². The van der Waals surface area contributed by atoms with E-state index in [9.17, 15) is 9.90 Å². The second-order valence-corrected chi connectivity index (χ2v) is 7.43. The van der Waals surface area contributed by atoms with Crippen molar-refractivity contribution >= 4 is 34.8 Å². The maximum atomic E-state index is 12.2. The predicted molar refractivity (Wildman–Crippen MR) is 110 cm³/mol. The molecule has 1 aliphatic heterocycles. The standard InChI is InChI=1S/C20H23Cl2N3O2/c21-16-6-5-15(17(22)13-16)7-8-23-20(27)14-24-9-11-25(12-10-24)18-3-1-2-4-19(18)26/h1-6,13,26H,7-12,14H2,(H,23,27). The van der Waals surface area contributed by atoms with Crippen LogP contribution in [0, 0.1) is 0 Å². The van der Waals surface area contributed by atoms with Crippen LogP contribution in [0.1, 0.15) is 5.56 Å². The summed E-state index contributed by atoms with van der Waals surface area (Å²) in [6, 6.07) is 12.7. The maximum Gasteiger partial charge on any atom is 0.234 e. The number of hydrogen-bond donors (Lipinski definition) is 2. The first-order valence-corrected chi connectivity index (χ1v) is 9.74. The van der Waals surface area contributed by atoms with Gasteiger partial charge in [0.1, 0.15) is 5.75 Å². The van der Waals surface area contributed by atoms with E-state index < -0.39 is 0 Å². The van der Waals surface area contributed by atoms with Gasteiger partial charge in [0.05, 0.1) is 12.2 Å². The Labute approximate surface area is 169 Å². The van der Waals surface area contributed by atoms with Gasteiger partial charge in [-0.1, -0.05) is 41.4 Å². The highest BCUT2D eigenvalue weighted by Crippen LogP contribution is 2.27. The molecule has 0 saturated carbocycles. The van der Waals surface area contributed by atoms with E-state index in [-0.39, 0.29) is 5.91 Å². The van der Waals surface area contributed by atoms with Crippen LogP contribution in [0.4, 0.5) is 5.69 Å². The first kappa shape index (κ1) is 19.8. The Kier molecular flexibility index (Phi) is 6.83. The van der Waals surface area contributed by atoms with Crippen molar-refractivity contribution in [2.24, 2.45) is 0 Å². The third-order valence-corrected chi connectivity index (χ3v) is 5.28. The van der Waals surface area contributed by atoms with E-state index in [4.69, 9.17) is 23.2 Å². The average Bonchev–Trinajstić information content (AvgIpc) is 2.65. The van der Waals surface area contributed by atoms with Gasteiger partial charge in [-0.05, 0) is 36.2 Å². The van der Waals surface area contributed by atoms with Crippen molar-refractivity contribution in [1.29, 1.82) is 0 Å². The largest absolute Gasteiger partial charge is 0.506 e. The number of benzene rings is 2. The van der Waals surface area contributed by atoms with E-state index in [0.717, 1.165) is 37.4 Å². The monoisotopic (exact) mass is 407 g/mol. The lowest BCUT2D eigenvalue weighted by molar-refractivity contribution is -0.122. The molecule has 1 aliphatic rings. The molecule has 0 unspecified atom stereocenters. The molecule has 2 aromatic rings. The molecule has 1 amide bonds. The minimum Gasteiger partial charge on any atom is -0.506 e. The van der Waals surface area contributed by atoms with Gasteiger partial charge in [0, 0.05) is 42.8 Å². The number of carbonyl (C=O) groups is 1. The van der Waals surface area contributed by atoms with E-state index in [1.54, 1.807) is 18.2 Å². The van der Waals surface area contributed by atoms with Crippen LogP contribution in [0.3, 0.4) is 0 Å². The molecule has 0 atom stereocenters. The fraction of sp³-hybridized carbons (Fsp3) is 0.350. The van der Waals surface area contributed by atoms with Gasteiger partial charge in [-0.15, -0.1) is 0 Å². The Morgan fingerprint density at radius 1 is 1.07 bits per heavy atom. The van der Waals surface area contributed by atoms with Gasteiger partial charge in [0.25, 0.3) is 0 Å². The second kappa shape index (κ2) is 9.31. The summed E-state index contributed by atoms with van der Waals surface area (Å²) < 4.78 is 0. The molecule has 3 rings (SSSR count). The molecule has 0 spiro atoms. The van der Waals surface area contributed by atoms with Crippen LogP contribution in [0.25, 0.3) is 0 Å². The fourth-order valence-electron chi connectivity index (χ4n) is 3.20. The molecule has 1 fully saturated rings. The summed E-state index contributed by atoms with van der Waals surface area (Å²) in [7, 11) is 0. The van der Waals surface area contributed by atoms with Crippen molar-refractivity contribution in [1.82, 2.24) is 10.2 Å². The number of nitrogens with one attached hydrogen (secondary N) is 1. The number of aromatic hydroxyl groups is 1. The zero-order valence-corrected chi connectivity index (χ0v) is 16.5. The Morgan fingerprint density at radius 2 is 1.81 bits per heavy atom. The molecule has 1 heterocycles. The lowest BCUT2D eigenvalue weighted by atomic mass is 10.1. The first-order chi connectivity index (χ1) is 13.0. The van der Waals surface area contributed by atoms with E-state index >= 15 is 0 Å².